The molecule has 0 bridgehead atoms. The van der Waals surface area contributed by atoms with Gasteiger partial charge in [-0.25, -0.2) is 0 Å². The fourth-order valence-electron chi connectivity index (χ4n) is 1.91. The van der Waals surface area contributed by atoms with E-state index in [1.54, 1.807) is 25.3 Å². The van der Waals surface area contributed by atoms with Crippen molar-refractivity contribution in [1.82, 2.24) is 0 Å². The molecule has 5 heteroatoms. The summed E-state index contributed by atoms with van der Waals surface area (Å²) >= 11 is 11.9. The third-order valence-corrected chi connectivity index (χ3v) is 3.69. The molecule has 0 unspecified atom stereocenters. The third-order valence-electron chi connectivity index (χ3n) is 2.95. The molecule has 104 valence electrons. The predicted molar refractivity (Wildman–Crippen MR) is 80.8 cm³/mol. The van der Waals surface area contributed by atoms with Crippen LogP contribution in [0.2, 0.25) is 10.0 Å². The van der Waals surface area contributed by atoms with E-state index in [2.05, 4.69) is 0 Å². The monoisotopic (exact) mass is 309 g/mol. The van der Waals surface area contributed by atoms with Crippen LogP contribution in [0.1, 0.15) is 21.5 Å². The van der Waals surface area contributed by atoms with E-state index in [1.165, 1.54) is 0 Å². The molecule has 0 aliphatic rings. The van der Waals surface area contributed by atoms with Crippen molar-refractivity contribution in [2.45, 2.75) is 6.42 Å². The van der Waals surface area contributed by atoms with Gasteiger partial charge in [0.15, 0.2) is 0 Å². The Labute approximate surface area is 127 Å². The van der Waals surface area contributed by atoms with Crippen LogP contribution >= 0.6 is 23.2 Å². The molecule has 0 fully saturated rings. The van der Waals surface area contributed by atoms with Crippen molar-refractivity contribution in [1.29, 1.82) is 0 Å². The summed E-state index contributed by atoms with van der Waals surface area (Å²) < 4.78 is 5.30. The smallest absolute Gasteiger partial charge is 0.248 e. The van der Waals surface area contributed by atoms with E-state index in [0.29, 0.717) is 27.8 Å². The average molecular weight is 310 g/mol. The topological polar surface area (TPSA) is 52.3 Å². The number of nitrogens with two attached hydrogens (primary N) is 1. The van der Waals surface area contributed by atoms with Crippen molar-refractivity contribution >= 4 is 29.1 Å². The summed E-state index contributed by atoms with van der Waals surface area (Å²) in [5.74, 6) is 0.136. The quantitative estimate of drug-likeness (QED) is 0.936. The molecule has 2 aromatic carbocycles. The molecule has 2 N–H and O–H groups in total. The highest BCUT2D eigenvalue weighted by atomic mass is 35.5. The lowest BCUT2D eigenvalue weighted by molar-refractivity contribution is 0.1000. The van der Waals surface area contributed by atoms with Gasteiger partial charge in [-0.15, -0.1) is 0 Å². The van der Waals surface area contributed by atoms with Gasteiger partial charge in [-0.05, 0) is 35.4 Å². The first-order valence-electron chi connectivity index (χ1n) is 5.92. The fraction of sp³-hybridized carbons (Fsp3) is 0.133. The number of carbonyl (C=O) groups excluding carboxylic acids is 1. The highest BCUT2D eigenvalue weighted by Crippen LogP contribution is 2.27. The van der Waals surface area contributed by atoms with Gasteiger partial charge in [0.05, 0.1) is 17.2 Å². The molecule has 0 heterocycles. The zero-order chi connectivity index (χ0) is 14.7. The lowest BCUT2D eigenvalue weighted by Gasteiger charge is -2.10. The number of hydrogen-bond donors (Lipinski definition) is 1. The molecule has 3 nitrogen and oxygen atoms in total. The van der Waals surface area contributed by atoms with E-state index in [4.69, 9.17) is 33.7 Å². The summed E-state index contributed by atoms with van der Waals surface area (Å²) in [6.45, 7) is 0. The van der Waals surface area contributed by atoms with E-state index in [0.717, 1.165) is 11.1 Å². The summed E-state index contributed by atoms with van der Waals surface area (Å²) in [6, 6.07) is 10.6. The Hall–Kier alpha value is -1.71. The normalized spacial score (nSPS) is 10.3. The van der Waals surface area contributed by atoms with Crippen LogP contribution < -0.4 is 10.5 Å². The molecule has 2 rings (SSSR count). The zero-order valence-corrected chi connectivity index (χ0v) is 12.3. The lowest BCUT2D eigenvalue weighted by Crippen LogP contribution is -2.11. The van der Waals surface area contributed by atoms with Crippen LogP contribution in [-0.2, 0) is 6.42 Å². The first kappa shape index (κ1) is 14.7. The van der Waals surface area contributed by atoms with Crippen molar-refractivity contribution < 1.29 is 9.53 Å². The maximum atomic E-state index is 11.2. The fourth-order valence-corrected chi connectivity index (χ4v) is 2.23. The summed E-state index contributed by atoms with van der Waals surface area (Å²) in [4.78, 5) is 11.2. The van der Waals surface area contributed by atoms with Crippen LogP contribution in [0.15, 0.2) is 36.4 Å². The Morgan fingerprint density at radius 3 is 2.50 bits per heavy atom. The van der Waals surface area contributed by atoms with Crippen molar-refractivity contribution in [3.63, 3.8) is 0 Å². The summed E-state index contributed by atoms with van der Waals surface area (Å²) in [7, 11) is 1.55. The van der Waals surface area contributed by atoms with Crippen LogP contribution in [-0.4, -0.2) is 13.0 Å². The summed E-state index contributed by atoms with van der Waals surface area (Å²) in [5, 5.41) is 1.03. The average Bonchev–Trinajstić information content (AvgIpc) is 2.43. The molecule has 1 amide bonds. The number of halogens is 2. The van der Waals surface area contributed by atoms with Crippen LogP contribution in [0.3, 0.4) is 0 Å². The minimum Gasteiger partial charge on any atom is -0.496 e. The number of benzene rings is 2. The SMILES string of the molecule is COc1cc(C(N)=O)ccc1Cc1ccc(Cl)c(Cl)c1. The molecule has 0 saturated carbocycles. The third kappa shape index (κ3) is 3.24. The minimum absolute atomic E-state index is 0.416. The zero-order valence-electron chi connectivity index (χ0n) is 10.8. The Balaban J connectivity index is 2.32. The number of hydrogen-bond acceptors (Lipinski definition) is 2. The Morgan fingerprint density at radius 1 is 1.15 bits per heavy atom. The lowest BCUT2D eigenvalue weighted by atomic mass is 10.0. The molecule has 0 aliphatic carbocycles. The van der Waals surface area contributed by atoms with Gasteiger partial charge in [0.1, 0.15) is 5.75 Å². The maximum absolute atomic E-state index is 11.2. The molecule has 0 saturated heterocycles. The van der Waals surface area contributed by atoms with Gasteiger partial charge >= 0.3 is 0 Å². The molecule has 0 aliphatic heterocycles. The second-order valence-electron chi connectivity index (χ2n) is 4.32. The first-order chi connectivity index (χ1) is 9.51. The highest BCUT2D eigenvalue weighted by Gasteiger charge is 2.09. The number of ether oxygens (including phenoxy) is 1. The van der Waals surface area contributed by atoms with Crippen LogP contribution in [0.4, 0.5) is 0 Å². The van der Waals surface area contributed by atoms with Gasteiger partial charge in [0, 0.05) is 12.0 Å². The van der Waals surface area contributed by atoms with E-state index < -0.39 is 5.91 Å². The molecule has 20 heavy (non-hydrogen) atoms. The van der Waals surface area contributed by atoms with Gasteiger partial charge < -0.3 is 10.5 Å². The number of rotatable bonds is 4. The van der Waals surface area contributed by atoms with Gasteiger partial charge in [0.25, 0.3) is 0 Å². The second-order valence-corrected chi connectivity index (χ2v) is 5.13. The van der Waals surface area contributed by atoms with Crippen LogP contribution in [0.25, 0.3) is 0 Å². The van der Waals surface area contributed by atoms with Gasteiger partial charge in [-0.2, -0.15) is 0 Å². The molecule has 2 aromatic rings. The van der Waals surface area contributed by atoms with Gasteiger partial charge in [-0.1, -0.05) is 35.3 Å². The van der Waals surface area contributed by atoms with E-state index in [1.807, 2.05) is 18.2 Å². The molecule has 0 atom stereocenters. The van der Waals surface area contributed by atoms with Crippen molar-refractivity contribution in [2.24, 2.45) is 5.73 Å². The van der Waals surface area contributed by atoms with Crippen LogP contribution in [0, 0.1) is 0 Å². The Kier molecular flexibility index (Phi) is 4.53. The van der Waals surface area contributed by atoms with Gasteiger partial charge in [-0.3, -0.25) is 4.79 Å². The molecule has 0 radical (unpaired) electrons. The maximum Gasteiger partial charge on any atom is 0.248 e. The van der Waals surface area contributed by atoms with E-state index >= 15 is 0 Å². The standard InChI is InChI=1S/C15H13Cl2NO2/c1-20-14-8-11(15(18)19)4-3-10(14)6-9-2-5-12(16)13(17)7-9/h2-5,7-8H,6H2,1H3,(H2,18,19). The molecular formula is C15H13Cl2NO2. The minimum atomic E-state index is -0.482. The first-order valence-corrected chi connectivity index (χ1v) is 6.67. The van der Waals surface area contributed by atoms with Crippen LogP contribution in [0.5, 0.6) is 5.75 Å². The van der Waals surface area contributed by atoms with Gasteiger partial charge in [0.2, 0.25) is 5.91 Å². The van der Waals surface area contributed by atoms with E-state index in [9.17, 15) is 4.79 Å². The number of primary amides is 1. The largest absolute Gasteiger partial charge is 0.496 e. The predicted octanol–water partition coefficient (Wildman–Crippen LogP) is 3.69. The number of carbonyl (C=O) groups is 1. The van der Waals surface area contributed by atoms with Crippen molar-refractivity contribution in [2.75, 3.05) is 7.11 Å². The number of amides is 1. The number of methoxy groups -OCH3 is 1. The Bertz CT molecular complexity index is 656. The van der Waals surface area contributed by atoms with Crippen molar-refractivity contribution in [3.05, 3.63) is 63.1 Å². The van der Waals surface area contributed by atoms with E-state index in [-0.39, 0.29) is 0 Å². The Morgan fingerprint density at radius 2 is 1.90 bits per heavy atom. The highest BCUT2D eigenvalue weighted by molar-refractivity contribution is 6.42. The molecular weight excluding hydrogens is 297 g/mol. The summed E-state index contributed by atoms with van der Waals surface area (Å²) in [6.07, 6.45) is 0.624. The summed E-state index contributed by atoms with van der Waals surface area (Å²) in [5.41, 5.74) is 7.61. The second kappa shape index (κ2) is 6.16. The van der Waals surface area contributed by atoms with Crippen molar-refractivity contribution in [3.8, 4) is 5.75 Å². The molecule has 0 spiro atoms. The molecule has 0 aromatic heterocycles.